The van der Waals surface area contributed by atoms with Crippen molar-refractivity contribution in [3.05, 3.63) is 61.8 Å². The summed E-state index contributed by atoms with van der Waals surface area (Å²) < 4.78 is 9.21. The van der Waals surface area contributed by atoms with Gasteiger partial charge in [-0.05, 0) is 61.3 Å². The summed E-state index contributed by atoms with van der Waals surface area (Å²) in [7, 11) is 0. The number of aromatic nitrogens is 4. The van der Waals surface area contributed by atoms with Crippen LogP contribution in [0.2, 0.25) is 0 Å². The Bertz CT molecular complexity index is 1410. The number of esters is 1. The van der Waals surface area contributed by atoms with Crippen molar-refractivity contribution in [2.45, 2.75) is 66.0 Å². The zero-order valence-corrected chi connectivity index (χ0v) is 20.7. The first-order valence-corrected chi connectivity index (χ1v) is 12.9. The SMILES string of the molecule is CCC1CCc2sc(C(=O)OCc3nnc4n(CCC(C)C)c(=O)c5ccccc5n34)cc2C1. The summed E-state index contributed by atoms with van der Waals surface area (Å²) in [5, 5.41) is 9.22. The molecule has 0 bridgehead atoms. The smallest absolute Gasteiger partial charge is 0.348 e. The number of benzene rings is 1. The van der Waals surface area contributed by atoms with E-state index in [1.165, 1.54) is 23.3 Å². The second kappa shape index (κ2) is 9.33. The number of aryl methyl sites for hydroxylation is 2. The number of rotatable bonds is 7. The lowest BCUT2D eigenvalue weighted by atomic mass is 9.87. The van der Waals surface area contributed by atoms with Crippen LogP contribution in [-0.2, 0) is 30.7 Å². The zero-order chi connectivity index (χ0) is 23.8. The predicted octanol–water partition coefficient (Wildman–Crippen LogP) is 5.02. The first-order chi connectivity index (χ1) is 16.5. The molecular weight excluding hydrogens is 448 g/mol. The van der Waals surface area contributed by atoms with E-state index in [0.717, 1.165) is 24.8 Å². The van der Waals surface area contributed by atoms with Crippen LogP contribution >= 0.6 is 11.3 Å². The Balaban J connectivity index is 1.44. The van der Waals surface area contributed by atoms with Gasteiger partial charge in [0.2, 0.25) is 5.78 Å². The normalized spacial score (nSPS) is 15.8. The van der Waals surface area contributed by atoms with Crippen LogP contribution in [0.25, 0.3) is 16.7 Å². The summed E-state index contributed by atoms with van der Waals surface area (Å²) in [6, 6.07) is 9.44. The maximum atomic E-state index is 13.2. The van der Waals surface area contributed by atoms with Crippen LogP contribution in [0.1, 0.15) is 66.0 Å². The second-order valence-electron chi connectivity index (χ2n) is 9.56. The Kier molecular flexibility index (Phi) is 6.25. The number of para-hydroxylation sites is 1. The summed E-state index contributed by atoms with van der Waals surface area (Å²) in [4.78, 5) is 28.0. The molecule has 8 heteroatoms. The molecule has 0 saturated carbocycles. The van der Waals surface area contributed by atoms with Crippen molar-refractivity contribution in [1.82, 2.24) is 19.2 Å². The lowest BCUT2D eigenvalue weighted by Crippen LogP contribution is -2.24. The topological polar surface area (TPSA) is 78.5 Å². The summed E-state index contributed by atoms with van der Waals surface area (Å²) in [6.07, 6.45) is 5.30. The van der Waals surface area contributed by atoms with Gasteiger partial charge in [-0.3, -0.25) is 13.8 Å². The molecule has 5 rings (SSSR count). The molecule has 3 heterocycles. The van der Waals surface area contributed by atoms with Crippen molar-refractivity contribution in [3.63, 3.8) is 0 Å². The molecular formula is C26H30N4O3S. The van der Waals surface area contributed by atoms with Gasteiger partial charge in [0.15, 0.2) is 12.4 Å². The molecule has 1 atom stereocenters. The third kappa shape index (κ3) is 4.15. The molecule has 0 aliphatic heterocycles. The van der Waals surface area contributed by atoms with E-state index < -0.39 is 0 Å². The summed E-state index contributed by atoms with van der Waals surface area (Å²) in [6.45, 7) is 7.03. The van der Waals surface area contributed by atoms with Crippen molar-refractivity contribution < 1.29 is 9.53 Å². The van der Waals surface area contributed by atoms with Crippen LogP contribution in [0.3, 0.4) is 0 Å². The molecule has 0 N–H and O–H groups in total. The summed E-state index contributed by atoms with van der Waals surface area (Å²) in [5.41, 5.74) is 1.94. The largest absolute Gasteiger partial charge is 0.453 e. The Morgan fingerprint density at radius 3 is 2.88 bits per heavy atom. The monoisotopic (exact) mass is 478 g/mol. The molecule has 178 valence electrons. The summed E-state index contributed by atoms with van der Waals surface area (Å²) in [5.74, 6) is 1.81. The van der Waals surface area contributed by atoms with Gasteiger partial charge in [0.05, 0.1) is 10.9 Å². The average molecular weight is 479 g/mol. The van der Waals surface area contributed by atoms with E-state index >= 15 is 0 Å². The standard InChI is InChI=1S/C26H30N4O3S/c1-4-17-9-10-21-18(13-17)14-22(34-21)25(32)33-15-23-27-28-26-29(12-11-16(2)3)24(31)19-7-5-6-8-20(19)30(23)26/h5-8,14,16-17H,4,9-13,15H2,1-3H3. The highest BCUT2D eigenvalue weighted by atomic mass is 32.1. The predicted molar refractivity (Wildman–Crippen MR) is 133 cm³/mol. The Hall–Kier alpha value is -3.00. The molecule has 0 fully saturated rings. The van der Waals surface area contributed by atoms with E-state index in [0.29, 0.717) is 40.2 Å². The molecule has 1 unspecified atom stereocenters. The fraction of sp³-hybridized carbons (Fsp3) is 0.462. The van der Waals surface area contributed by atoms with Crippen LogP contribution in [0.15, 0.2) is 35.1 Å². The number of carbonyl (C=O) groups is 1. The molecule has 3 aromatic heterocycles. The van der Waals surface area contributed by atoms with Gasteiger partial charge in [-0.2, -0.15) is 0 Å². The van der Waals surface area contributed by atoms with Crippen molar-refractivity contribution in [2.24, 2.45) is 11.8 Å². The van der Waals surface area contributed by atoms with E-state index in [9.17, 15) is 9.59 Å². The van der Waals surface area contributed by atoms with Gasteiger partial charge in [-0.25, -0.2) is 4.79 Å². The molecule has 7 nitrogen and oxygen atoms in total. The number of hydrogen-bond donors (Lipinski definition) is 0. The highest BCUT2D eigenvalue weighted by Gasteiger charge is 2.23. The minimum Gasteiger partial charge on any atom is -0.453 e. The van der Waals surface area contributed by atoms with Crippen LogP contribution in [0.5, 0.6) is 0 Å². The minimum absolute atomic E-state index is 0.00741. The lowest BCUT2D eigenvalue weighted by molar-refractivity contribution is 0.0467. The van der Waals surface area contributed by atoms with Crippen LogP contribution in [-0.4, -0.2) is 25.1 Å². The average Bonchev–Trinajstić information content (AvgIpc) is 3.46. The van der Waals surface area contributed by atoms with E-state index in [-0.39, 0.29) is 18.1 Å². The van der Waals surface area contributed by atoms with Gasteiger partial charge in [-0.15, -0.1) is 21.5 Å². The third-order valence-corrected chi connectivity index (χ3v) is 8.02. The zero-order valence-electron chi connectivity index (χ0n) is 19.9. The molecule has 1 aliphatic carbocycles. The molecule has 34 heavy (non-hydrogen) atoms. The van der Waals surface area contributed by atoms with E-state index in [4.69, 9.17) is 4.74 Å². The van der Waals surface area contributed by atoms with Gasteiger partial charge in [0.1, 0.15) is 4.88 Å². The van der Waals surface area contributed by atoms with Gasteiger partial charge < -0.3 is 4.74 Å². The maximum Gasteiger partial charge on any atom is 0.348 e. The molecule has 0 radical (unpaired) electrons. The van der Waals surface area contributed by atoms with Gasteiger partial charge in [-0.1, -0.05) is 39.3 Å². The number of hydrogen-bond acceptors (Lipinski definition) is 6. The van der Waals surface area contributed by atoms with Crippen molar-refractivity contribution >= 4 is 34.0 Å². The van der Waals surface area contributed by atoms with E-state index in [2.05, 4.69) is 31.0 Å². The van der Waals surface area contributed by atoms with Crippen LogP contribution in [0, 0.1) is 11.8 Å². The second-order valence-corrected chi connectivity index (χ2v) is 10.7. The third-order valence-electron chi connectivity index (χ3n) is 6.80. The molecule has 1 aromatic carbocycles. The molecule has 1 aliphatic rings. The maximum absolute atomic E-state index is 13.2. The number of thiophene rings is 1. The van der Waals surface area contributed by atoms with Gasteiger partial charge >= 0.3 is 5.97 Å². The van der Waals surface area contributed by atoms with Crippen molar-refractivity contribution in [3.8, 4) is 0 Å². The first-order valence-electron chi connectivity index (χ1n) is 12.1. The fourth-order valence-electron chi connectivity index (χ4n) is 4.75. The van der Waals surface area contributed by atoms with Gasteiger partial charge in [0, 0.05) is 11.4 Å². The Morgan fingerprint density at radius 2 is 2.09 bits per heavy atom. The van der Waals surface area contributed by atoms with Crippen LogP contribution in [0.4, 0.5) is 0 Å². The number of ether oxygens (including phenoxy) is 1. The number of fused-ring (bicyclic) bond motifs is 4. The van der Waals surface area contributed by atoms with Gasteiger partial charge in [0.25, 0.3) is 5.56 Å². The number of carbonyl (C=O) groups excluding carboxylic acids is 1. The highest BCUT2D eigenvalue weighted by Crippen LogP contribution is 2.34. The number of nitrogens with zero attached hydrogens (tertiary/aromatic N) is 4. The van der Waals surface area contributed by atoms with E-state index in [1.54, 1.807) is 15.9 Å². The summed E-state index contributed by atoms with van der Waals surface area (Å²) >= 11 is 1.55. The lowest BCUT2D eigenvalue weighted by Gasteiger charge is -2.19. The van der Waals surface area contributed by atoms with Crippen molar-refractivity contribution in [1.29, 1.82) is 0 Å². The molecule has 0 amide bonds. The van der Waals surface area contributed by atoms with Crippen LogP contribution < -0.4 is 5.56 Å². The Morgan fingerprint density at radius 1 is 1.26 bits per heavy atom. The van der Waals surface area contributed by atoms with E-state index in [1.807, 2.05) is 34.7 Å². The first kappa shape index (κ1) is 22.8. The molecule has 0 saturated heterocycles. The molecule has 4 aromatic rings. The van der Waals surface area contributed by atoms with Crippen molar-refractivity contribution in [2.75, 3.05) is 0 Å². The quantitative estimate of drug-likeness (QED) is 0.348. The minimum atomic E-state index is -0.332. The fourth-order valence-corrected chi connectivity index (χ4v) is 5.85. The molecule has 0 spiro atoms. The Labute approximate surface area is 202 Å². The highest BCUT2D eigenvalue weighted by molar-refractivity contribution is 7.14.